The van der Waals surface area contributed by atoms with Crippen molar-refractivity contribution in [1.82, 2.24) is 9.55 Å². The Labute approximate surface area is 166 Å². The van der Waals surface area contributed by atoms with Crippen molar-refractivity contribution in [3.05, 3.63) is 75.5 Å². The van der Waals surface area contributed by atoms with Crippen LogP contribution < -0.4 is 4.74 Å². The molecule has 1 aromatic heterocycles. The van der Waals surface area contributed by atoms with Gasteiger partial charge in [-0.15, -0.1) is 0 Å². The van der Waals surface area contributed by atoms with Gasteiger partial charge in [0.1, 0.15) is 5.75 Å². The topological polar surface area (TPSA) is 47.3 Å². The van der Waals surface area contributed by atoms with Gasteiger partial charge in [-0.05, 0) is 35.4 Å². The normalized spacial score (nSPS) is 10.9. The van der Waals surface area contributed by atoms with Gasteiger partial charge in [0, 0.05) is 28.5 Å². The Hall–Kier alpha value is -1.66. The van der Waals surface area contributed by atoms with Crippen molar-refractivity contribution in [1.29, 1.82) is 0 Å². The standard InChI is InChI=1S/C19H18Cl2N2O2S/c1-25-17-6-2-13(3-7-17)9-23-10-16(11-24)22-19(23)26-12-14-4-5-15(20)8-18(14)21/h2-8,10,24H,9,11-12H2,1H3. The highest BCUT2D eigenvalue weighted by Crippen LogP contribution is 2.29. The van der Waals surface area contributed by atoms with Gasteiger partial charge in [0.2, 0.25) is 0 Å². The van der Waals surface area contributed by atoms with Gasteiger partial charge in [-0.25, -0.2) is 4.98 Å². The van der Waals surface area contributed by atoms with Crippen molar-refractivity contribution >= 4 is 35.0 Å². The number of thioether (sulfide) groups is 1. The zero-order chi connectivity index (χ0) is 18.5. The Morgan fingerprint density at radius 3 is 2.58 bits per heavy atom. The van der Waals surface area contributed by atoms with Crippen LogP contribution >= 0.6 is 35.0 Å². The molecule has 0 atom stereocenters. The SMILES string of the molecule is COc1ccc(Cn2cc(CO)nc2SCc2ccc(Cl)cc2Cl)cc1. The van der Waals surface area contributed by atoms with Crippen molar-refractivity contribution in [3.63, 3.8) is 0 Å². The summed E-state index contributed by atoms with van der Waals surface area (Å²) in [5.74, 6) is 1.49. The van der Waals surface area contributed by atoms with Gasteiger partial charge in [-0.2, -0.15) is 0 Å². The first-order chi connectivity index (χ1) is 12.6. The maximum atomic E-state index is 9.43. The Morgan fingerprint density at radius 1 is 1.15 bits per heavy atom. The second-order valence-electron chi connectivity index (χ2n) is 5.67. The molecule has 2 aromatic carbocycles. The summed E-state index contributed by atoms with van der Waals surface area (Å²) in [5.41, 5.74) is 2.76. The Bertz CT molecular complexity index is 882. The van der Waals surface area contributed by atoms with Crippen molar-refractivity contribution in [2.75, 3.05) is 7.11 Å². The second kappa shape index (κ2) is 8.82. The lowest BCUT2D eigenvalue weighted by Crippen LogP contribution is -2.00. The van der Waals surface area contributed by atoms with Crippen LogP contribution in [0.5, 0.6) is 5.75 Å². The van der Waals surface area contributed by atoms with E-state index in [2.05, 4.69) is 4.98 Å². The minimum atomic E-state index is -0.0924. The molecule has 0 aliphatic rings. The summed E-state index contributed by atoms with van der Waals surface area (Å²) in [5, 5.41) is 11.5. The summed E-state index contributed by atoms with van der Waals surface area (Å²) in [6.07, 6.45) is 1.87. The van der Waals surface area contributed by atoms with Crippen LogP contribution in [0.2, 0.25) is 10.0 Å². The molecule has 0 radical (unpaired) electrons. The lowest BCUT2D eigenvalue weighted by molar-refractivity contribution is 0.277. The Balaban J connectivity index is 1.76. The molecule has 0 fully saturated rings. The van der Waals surface area contributed by atoms with Crippen molar-refractivity contribution < 1.29 is 9.84 Å². The highest BCUT2D eigenvalue weighted by atomic mass is 35.5. The van der Waals surface area contributed by atoms with E-state index in [0.717, 1.165) is 22.0 Å². The van der Waals surface area contributed by atoms with Crippen LogP contribution in [0.4, 0.5) is 0 Å². The minimum absolute atomic E-state index is 0.0924. The van der Waals surface area contributed by atoms with Gasteiger partial charge < -0.3 is 14.4 Å². The molecule has 0 saturated carbocycles. The van der Waals surface area contributed by atoms with Gasteiger partial charge in [0.15, 0.2) is 5.16 Å². The zero-order valence-corrected chi connectivity index (χ0v) is 16.5. The number of imidazole rings is 1. The van der Waals surface area contributed by atoms with Crippen molar-refractivity contribution in [2.45, 2.75) is 24.1 Å². The van der Waals surface area contributed by atoms with Crippen LogP contribution in [-0.4, -0.2) is 21.8 Å². The monoisotopic (exact) mass is 408 g/mol. The number of hydrogen-bond acceptors (Lipinski definition) is 4. The van der Waals surface area contributed by atoms with E-state index in [1.54, 1.807) is 24.9 Å². The molecule has 26 heavy (non-hydrogen) atoms. The molecule has 0 unspecified atom stereocenters. The van der Waals surface area contributed by atoms with Crippen LogP contribution in [0.3, 0.4) is 0 Å². The molecule has 0 bridgehead atoms. The molecule has 7 heteroatoms. The third kappa shape index (κ3) is 4.74. The molecule has 0 spiro atoms. The minimum Gasteiger partial charge on any atom is -0.497 e. The fourth-order valence-electron chi connectivity index (χ4n) is 2.46. The van der Waals surface area contributed by atoms with Gasteiger partial charge in [-0.3, -0.25) is 0 Å². The molecule has 136 valence electrons. The third-order valence-corrected chi connectivity index (χ3v) is 5.46. The predicted octanol–water partition coefficient (Wildman–Crippen LogP) is 5.03. The summed E-state index contributed by atoms with van der Waals surface area (Å²) < 4.78 is 7.22. The summed E-state index contributed by atoms with van der Waals surface area (Å²) in [6, 6.07) is 13.4. The van der Waals surface area contributed by atoms with E-state index in [-0.39, 0.29) is 6.61 Å². The molecule has 0 amide bonds. The fourth-order valence-corrected chi connectivity index (χ4v) is 4.02. The molecule has 4 nitrogen and oxygen atoms in total. The number of benzene rings is 2. The highest BCUT2D eigenvalue weighted by molar-refractivity contribution is 7.98. The number of ether oxygens (including phenoxy) is 1. The van der Waals surface area contributed by atoms with Crippen LogP contribution in [-0.2, 0) is 18.9 Å². The summed E-state index contributed by atoms with van der Waals surface area (Å²) >= 11 is 13.8. The maximum Gasteiger partial charge on any atom is 0.168 e. The van der Waals surface area contributed by atoms with E-state index in [4.69, 9.17) is 27.9 Å². The number of aromatic nitrogens is 2. The third-order valence-electron chi connectivity index (χ3n) is 3.84. The van der Waals surface area contributed by atoms with Gasteiger partial charge >= 0.3 is 0 Å². The zero-order valence-electron chi connectivity index (χ0n) is 14.2. The number of nitrogens with zero attached hydrogens (tertiary/aromatic N) is 2. The molecule has 1 heterocycles. The van der Waals surface area contributed by atoms with E-state index in [1.165, 1.54) is 0 Å². The van der Waals surface area contributed by atoms with Crippen molar-refractivity contribution in [2.24, 2.45) is 0 Å². The first-order valence-corrected chi connectivity index (χ1v) is 9.69. The van der Waals surface area contributed by atoms with Gasteiger partial charge in [0.05, 0.1) is 19.4 Å². The molecule has 3 rings (SSSR count). The lowest BCUT2D eigenvalue weighted by Gasteiger charge is -2.09. The number of methoxy groups -OCH3 is 1. The molecular formula is C19H18Cl2N2O2S. The second-order valence-corrected chi connectivity index (χ2v) is 7.46. The van der Waals surface area contributed by atoms with Gasteiger partial charge in [0.25, 0.3) is 0 Å². The molecule has 0 saturated heterocycles. The summed E-state index contributed by atoms with van der Waals surface area (Å²) in [4.78, 5) is 4.50. The predicted molar refractivity (Wildman–Crippen MR) is 106 cm³/mol. The molecule has 3 aromatic rings. The number of rotatable bonds is 7. The number of hydrogen-bond donors (Lipinski definition) is 1. The highest BCUT2D eigenvalue weighted by Gasteiger charge is 2.11. The van der Waals surface area contributed by atoms with E-state index >= 15 is 0 Å². The van der Waals surface area contributed by atoms with E-state index < -0.39 is 0 Å². The average Bonchev–Trinajstić information content (AvgIpc) is 3.03. The quantitative estimate of drug-likeness (QED) is 0.556. The van der Waals surface area contributed by atoms with E-state index in [9.17, 15) is 5.11 Å². The fraction of sp³-hybridized carbons (Fsp3) is 0.211. The molecule has 1 N–H and O–H groups in total. The molecular weight excluding hydrogens is 391 g/mol. The summed E-state index contributed by atoms with van der Waals surface area (Å²) in [6.45, 7) is 0.568. The first-order valence-electron chi connectivity index (χ1n) is 7.95. The number of halogens is 2. The Kier molecular flexibility index (Phi) is 6.48. The van der Waals surface area contributed by atoms with E-state index in [1.807, 2.05) is 47.2 Å². The lowest BCUT2D eigenvalue weighted by atomic mass is 10.2. The number of aliphatic hydroxyl groups excluding tert-OH is 1. The largest absolute Gasteiger partial charge is 0.497 e. The van der Waals surface area contributed by atoms with Crippen LogP contribution in [0.25, 0.3) is 0 Å². The van der Waals surface area contributed by atoms with Crippen LogP contribution in [0.15, 0.2) is 53.8 Å². The molecule has 0 aliphatic carbocycles. The van der Waals surface area contributed by atoms with E-state index in [0.29, 0.717) is 28.0 Å². The van der Waals surface area contributed by atoms with Crippen LogP contribution in [0, 0.1) is 0 Å². The maximum absolute atomic E-state index is 9.43. The first kappa shape index (κ1) is 19.1. The summed E-state index contributed by atoms with van der Waals surface area (Å²) in [7, 11) is 1.65. The molecule has 0 aliphatic heterocycles. The van der Waals surface area contributed by atoms with Crippen LogP contribution in [0.1, 0.15) is 16.8 Å². The van der Waals surface area contributed by atoms with Gasteiger partial charge in [-0.1, -0.05) is 53.2 Å². The average molecular weight is 409 g/mol. The Morgan fingerprint density at radius 2 is 1.92 bits per heavy atom. The van der Waals surface area contributed by atoms with Crippen molar-refractivity contribution in [3.8, 4) is 5.75 Å². The number of aliphatic hydroxyl groups is 1. The smallest absolute Gasteiger partial charge is 0.168 e.